The predicted octanol–water partition coefficient (Wildman–Crippen LogP) is 4.67. The second kappa shape index (κ2) is 7.45. The Balaban J connectivity index is 1.67. The minimum absolute atomic E-state index is 0.0332. The van der Waals surface area contributed by atoms with E-state index in [0.717, 1.165) is 41.4 Å². The molecule has 6 rings (SSSR count). The first kappa shape index (κ1) is 22.4. The number of hydrogen-bond acceptors (Lipinski definition) is 5. The largest absolute Gasteiger partial charge is 0.456 e. The minimum atomic E-state index is -4.09. The molecule has 1 saturated heterocycles. The normalized spacial score (nSPS) is 19.9. The van der Waals surface area contributed by atoms with Crippen LogP contribution in [0.15, 0.2) is 53.6 Å². The molecule has 0 saturated carbocycles. The summed E-state index contributed by atoms with van der Waals surface area (Å²) in [4.78, 5) is 13.7. The standard InChI is InChI=1S/C27H29N3O4S/c1-27(2,3)34-26(31)25-22(35(32,33)30-14-13-16-7-5-6-8-19(16)30)12-11-20-24(25)23-18-10-9-17(28-18)15-21(23)29(20)4/h5-8,11-14,17-18,28H,9-10,15H2,1-4H3. The van der Waals surface area contributed by atoms with E-state index in [1.54, 1.807) is 45.2 Å². The summed E-state index contributed by atoms with van der Waals surface area (Å²) in [5, 5.41) is 5.16. The molecule has 2 aliphatic heterocycles. The van der Waals surface area contributed by atoms with Gasteiger partial charge in [-0.25, -0.2) is 17.2 Å². The highest BCUT2D eigenvalue weighted by Gasteiger charge is 2.39. The Morgan fingerprint density at radius 3 is 2.60 bits per heavy atom. The average molecular weight is 492 g/mol. The number of esters is 1. The van der Waals surface area contributed by atoms with Crippen molar-refractivity contribution in [2.45, 2.75) is 62.6 Å². The average Bonchev–Trinajstić information content (AvgIpc) is 3.47. The number of nitrogens with zero attached hydrogens (tertiary/aromatic N) is 2. The van der Waals surface area contributed by atoms with Crippen LogP contribution in [0.1, 0.15) is 61.3 Å². The molecule has 0 radical (unpaired) electrons. The van der Waals surface area contributed by atoms with Gasteiger partial charge in [0.15, 0.2) is 0 Å². The SMILES string of the molecule is Cn1c2c(c3c(C(=O)OC(C)(C)C)c(S(=O)(=O)n4ccc5ccccc54)ccc31)C1CCC(C2)N1. The zero-order valence-corrected chi connectivity index (χ0v) is 21.1. The van der Waals surface area contributed by atoms with Crippen LogP contribution in [0.25, 0.3) is 21.8 Å². The van der Waals surface area contributed by atoms with Gasteiger partial charge in [0.2, 0.25) is 0 Å². The molecular formula is C27H29N3O4S. The van der Waals surface area contributed by atoms with Gasteiger partial charge in [0.25, 0.3) is 10.0 Å². The molecule has 4 aromatic rings. The molecule has 1 fully saturated rings. The maximum Gasteiger partial charge on any atom is 0.340 e. The van der Waals surface area contributed by atoms with Gasteiger partial charge in [-0.2, -0.15) is 0 Å². The molecule has 0 aliphatic carbocycles. The van der Waals surface area contributed by atoms with Crippen LogP contribution >= 0.6 is 0 Å². The molecule has 2 aromatic heterocycles. The van der Waals surface area contributed by atoms with Crippen molar-refractivity contribution in [1.29, 1.82) is 0 Å². The summed E-state index contributed by atoms with van der Waals surface area (Å²) in [6, 6.07) is 13.0. The predicted molar refractivity (Wildman–Crippen MR) is 135 cm³/mol. The second-order valence-corrected chi connectivity index (χ2v) is 12.4. The quantitative estimate of drug-likeness (QED) is 0.421. The summed E-state index contributed by atoms with van der Waals surface area (Å²) in [5.74, 6) is -0.619. The Labute approximate surface area is 204 Å². The topological polar surface area (TPSA) is 82.3 Å². The second-order valence-electron chi connectivity index (χ2n) is 10.6. The zero-order chi connectivity index (χ0) is 24.7. The molecule has 2 atom stereocenters. The van der Waals surface area contributed by atoms with E-state index < -0.39 is 21.6 Å². The molecule has 1 N–H and O–H groups in total. The highest BCUT2D eigenvalue weighted by atomic mass is 32.2. The van der Waals surface area contributed by atoms with Crippen LogP contribution in [-0.4, -0.2) is 34.6 Å². The number of ether oxygens (including phenoxy) is 1. The molecule has 2 aromatic carbocycles. The van der Waals surface area contributed by atoms with Gasteiger partial charge in [0.05, 0.1) is 11.1 Å². The first-order valence-corrected chi connectivity index (χ1v) is 13.5. The van der Waals surface area contributed by atoms with Crippen LogP contribution < -0.4 is 5.32 Å². The summed E-state index contributed by atoms with van der Waals surface area (Å²) in [6.45, 7) is 5.38. The summed E-state index contributed by atoms with van der Waals surface area (Å²) >= 11 is 0. The molecule has 0 amide bonds. The number of aromatic nitrogens is 2. The van der Waals surface area contributed by atoms with E-state index in [1.165, 1.54) is 3.97 Å². The van der Waals surface area contributed by atoms with Gasteiger partial charge < -0.3 is 14.6 Å². The number of benzene rings is 2. The van der Waals surface area contributed by atoms with Gasteiger partial charge in [-0.1, -0.05) is 18.2 Å². The number of aryl methyl sites for hydroxylation is 1. The van der Waals surface area contributed by atoms with Gasteiger partial charge in [-0.05, 0) is 63.4 Å². The Morgan fingerprint density at radius 1 is 1.06 bits per heavy atom. The molecule has 2 bridgehead atoms. The van der Waals surface area contributed by atoms with Crippen molar-refractivity contribution in [2.75, 3.05) is 0 Å². The molecule has 35 heavy (non-hydrogen) atoms. The van der Waals surface area contributed by atoms with Gasteiger partial charge in [0.1, 0.15) is 10.5 Å². The Morgan fingerprint density at radius 2 is 1.83 bits per heavy atom. The van der Waals surface area contributed by atoms with Crippen LogP contribution in [0.5, 0.6) is 0 Å². The van der Waals surface area contributed by atoms with Crippen LogP contribution in [-0.2, 0) is 28.2 Å². The van der Waals surface area contributed by atoms with Crippen molar-refractivity contribution in [3.05, 3.63) is 65.5 Å². The van der Waals surface area contributed by atoms with E-state index in [2.05, 4.69) is 9.88 Å². The van der Waals surface area contributed by atoms with Gasteiger partial charge in [-0.3, -0.25) is 0 Å². The van der Waals surface area contributed by atoms with Crippen molar-refractivity contribution in [1.82, 2.24) is 13.9 Å². The molecule has 2 aliphatic rings. The van der Waals surface area contributed by atoms with E-state index in [4.69, 9.17) is 4.74 Å². The Hall–Kier alpha value is -3.10. The lowest BCUT2D eigenvalue weighted by molar-refractivity contribution is 0.00674. The fourth-order valence-corrected chi connectivity index (χ4v) is 7.32. The van der Waals surface area contributed by atoms with Crippen LogP contribution in [0, 0.1) is 0 Å². The summed E-state index contributed by atoms with van der Waals surface area (Å²) < 4.78 is 37.4. The molecule has 7 nitrogen and oxygen atoms in total. The third-order valence-electron chi connectivity index (χ3n) is 7.22. The molecular weight excluding hydrogens is 462 g/mol. The first-order chi connectivity index (χ1) is 16.6. The lowest BCUT2D eigenvalue weighted by Gasteiger charge is -2.24. The fourth-order valence-electron chi connectivity index (χ4n) is 5.78. The lowest BCUT2D eigenvalue weighted by atomic mass is 9.96. The smallest absolute Gasteiger partial charge is 0.340 e. The Bertz CT molecular complexity index is 1620. The van der Waals surface area contributed by atoms with E-state index in [-0.39, 0.29) is 16.5 Å². The number of fused-ring (bicyclic) bond motifs is 7. The van der Waals surface area contributed by atoms with Gasteiger partial charge in [-0.15, -0.1) is 0 Å². The third-order valence-corrected chi connectivity index (χ3v) is 8.96. The highest BCUT2D eigenvalue weighted by molar-refractivity contribution is 7.90. The van der Waals surface area contributed by atoms with Crippen molar-refractivity contribution < 1.29 is 17.9 Å². The zero-order valence-electron chi connectivity index (χ0n) is 20.3. The van der Waals surface area contributed by atoms with Crippen molar-refractivity contribution in [3.8, 4) is 0 Å². The maximum atomic E-state index is 14.1. The molecule has 182 valence electrons. The number of hydrogen-bond donors (Lipinski definition) is 1. The Kier molecular flexibility index (Phi) is 4.76. The van der Waals surface area contributed by atoms with Crippen molar-refractivity contribution in [3.63, 3.8) is 0 Å². The number of carbonyl (C=O) groups excluding carboxylic acids is 1. The third kappa shape index (κ3) is 3.34. The maximum absolute atomic E-state index is 14.1. The van der Waals surface area contributed by atoms with Gasteiger partial charge in [0, 0.05) is 53.7 Å². The first-order valence-electron chi connectivity index (χ1n) is 12.0. The summed E-state index contributed by atoms with van der Waals surface area (Å²) in [6.07, 6.45) is 4.43. The number of carbonyl (C=O) groups is 1. The van der Waals surface area contributed by atoms with Crippen LogP contribution in [0.2, 0.25) is 0 Å². The summed E-state index contributed by atoms with van der Waals surface area (Å²) in [5.41, 5.74) is 2.97. The number of rotatable bonds is 3. The molecule has 2 unspecified atom stereocenters. The minimum Gasteiger partial charge on any atom is -0.456 e. The van der Waals surface area contributed by atoms with E-state index >= 15 is 0 Å². The monoisotopic (exact) mass is 491 g/mol. The van der Waals surface area contributed by atoms with Gasteiger partial charge >= 0.3 is 5.97 Å². The fraction of sp³-hybridized carbons (Fsp3) is 0.370. The molecule has 4 heterocycles. The number of nitrogens with one attached hydrogen (secondary N) is 1. The lowest BCUT2D eigenvalue weighted by Crippen LogP contribution is -2.32. The highest BCUT2D eigenvalue weighted by Crippen LogP contribution is 2.44. The van der Waals surface area contributed by atoms with Crippen molar-refractivity contribution in [2.24, 2.45) is 7.05 Å². The summed E-state index contributed by atoms with van der Waals surface area (Å²) in [7, 11) is -2.09. The molecule has 8 heteroatoms. The van der Waals surface area contributed by atoms with Crippen LogP contribution in [0.4, 0.5) is 0 Å². The van der Waals surface area contributed by atoms with Crippen LogP contribution in [0.3, 0.4) is 0 Å². The molecule has 0 spiro atoms. The van der Waals surface area contributed by atoms with E-state index in [9.17, 15) is 13.2 Å². The van der Waals surface area contributed by atoms with Crippen molar-refractivity contribution >= 4 is 37.8 Å². The number of para-hydroxylation sites is 1. The van der Waals surface area contributed by atoms with E-state index in [1.807, 2.05) is 31.3 Å². The van der Waals surface area contributed by atoms with E-state index in [0.29, 0.717) is 16.9 Å².